The maximum Gasteiger partial charge on any atom is 0.343 e. The minimum atomic E-state index is -0.735. The van der Waals surface area contributed by atoms with Crippen molar-refractivity contribution in [3.8, 4) is 11.5 Å². The van der Waals surface area contributed by atoms with Gasteiger partial charge in [-0.25, -0.2) is 9.59 Å². The van der Waals surface area contributed by atoms with Gasteiger partial charge in [0.25, 0.3) is 0 Å². The lowest BCUT2D eigenvalue weighted by Gasteiger charge is -2.30. The van der Waals surface area contributed by atoms with Crippen molar-refractivity contribution < 1.29 is 33.3 Å². The summed E-state index contributed by atoms with van der Waals surface area (Å²) in [6.07, 6.45) is 0. The number of halogens is 1. The number of ether oxygens (including phenoxy) is 4. The van der Waals surface area contributed by atoms with Gasteiger partial charge in [-0.05, 0) is 24.6 Å². The zero-order valence-electron chi connectivity index (χ0n) is 19.0. The number of hydrogen-bond acceptors (Lipinski definition) is 8. The Morgan fingerprint density at radius 3 is 2.38 bits per heavy atom. The SMILES string of the molecule is COC(=O)COc1cc(Br)c([C@@H]2C(C(=O)OC)=C(C)NC3=C2C(=O)c2ccccc23)cc1OC. The van der Waals surface area contributed by atoms with Gasteiger partial charge in [0.2, 0.25) is 0 Å². The first kappa shape index (κ1) is 23.6. The molecule has 1 N–H and O–H groups in total. The number of rotatable bonds is 6. The van der Waals surface area contributed by atoms with Crippen molar-refractivity contribution in [2.75, 3.05) is 27.9 Å². The molecule has 176 valence electrons. The highest BCUT2D eigenvalue weighted by Gasteiger charge is 2.43. The molecule has 0 unspecified atom stereocenters. The molecule has 0 bridgehead atoms. The van der Waals surface area contributed by atoms with Gasteiger partial charge in [0, 0.05) is 26.9 Å². The molecule has 9 heteroatoms. The lowest BCUT2D eigenvalue weighted by atomic mass is 9.79. The lowest BCUT2D eigenvalue weighted by molar-refractivity contribution is -0.143. The summed E-state index contributed by atoms with van der Waals surface area (Å²) in [5.74, 6) is -1.38. The van der Waals surface area contributed by atoms with E-state index in [1.165, 1.54) is 21.3 Å². The number of dihydropyridines is 1. The Kier molecular flexibility index (Phi) is 6.47. The average Bonchev–Trinajstić information content (AvgIpc) is 3.13. The van der Waals surface area contributed by atoms with E-state index < -0.39 is 17.9 Å². The van der Waals surface area contributed by atoms with E-state index in [2.05, 4.69) is 26.0 Å². The monoisotopic (exact) mass is 527 g/mol. The Labute approximate surface area is 204 Å². The van der Waals surface area contributed by atoms with Gasteiger partial charge in [0.05, 0.1) is 38.5 Å². The molecular formula is C25H22BrNO7. The third kappa shape index (κ3) is 3.86. The average molecular weight is 528 g/mol. The highest BCUT2D eigenvalue weighted by Crippen LogP contribution is 2.49. The number of Topliss-reactive ketones (excluding diaryl/α,β-unsaturated/α-hetero) is 1. The first-order valence-electron chi connectivity index (χ1n) is 10.3. The van der Waals surface area contributed by atoms with E-state index in [0.717, 1.165) is 5.56 Å². The molecule has 1 aliphatic carbocycles. The maximum absolute atomic E-state index is 13.5. The van der Waals surface area contributed by atoms with Crippen LogP contribution in [0.1, 0.15) is 34.3 Å². The van der Waals surface area contributed by atoms with Crippen molar-refractivity contribution in [1.29, 1.82) is 0 Å². The molecule has 0 saturated carbocycles. The molecule has 0 fully saturated rings. The standard InChI is InChI=1S/C25H22BrNO7/c1-12-20(25(30)33-4)21(22-23(27-12)13-7-5-6-8-14(13)24(22)29)15-9-17(31-2)18(10-16(15)26)34-11-19(28)32-3/h5-10,21,27H,11H2,1-4H3/t21-/m1/s1. The second-order valence-corrected chi connectivity index (χ2v) is 8.50. The van der Waals surface area contributed by atoms with Crippen molar-refractivity contribution in [3.63, 3.8) is 0 Å². The zero-order chi connectivity index (χ0) is 24.6. The van der Waals surface area contributed by atoms with E-state index in [-0.39, 0.29) is 12.4 Å². The summed E-state index contributed by atoms with van der Waals surface area (Å²) in [6.45, 7) is 1.47. The van der Waals surface area contributed by atoms with Gasteiger partial charge in [-0.1, -0.05) is 40.2 Å². The van der Waals surface area contributed by atoms with Crippen LogP contribution < -0.4 is 14.8 Å². The quantitative estimate of drug-likeness (QED) is 0.567. The molecule has 0 spiro atoms. The van der Waals surface area contributed by atoms with Gasteiger partial charge in [-0.3, -0.25) is 4.79 Å². The van der Waals surface area contributed by atoms with Crippen molar-refractivity contribution >= 4 is 39.3 Å². The number of carbonyl (C=O) groups is 3. The molecule has 1 atom stereocenters. The molecule has 2 aromatic rings. The van der Waals surface area contributed by atoms with Crippen LogP contribution in [-0.4, -0.2) is 45.7 Å². The van der Waals surface area contributed by atoms with Crippen LogP contribution in [0.2, 0.25) is 0 Å². The Morgan fingerprint density at radius 1 is 1.03 bits per heavy atom. The molecule has 8 nitrogen and oxygen atoms in total. The number of allylic oxidation sites excluding steroid dienone is 2. The summed E-state index contributed by atoms with van der Waals surface area (Å²) in [7, 11) is 4.03. The van der Waals surface area contributed by atoms with Crippen LogP contribution in [0.15, 0.2) is 57.7 Å². The fraction of sp³-hybridized carbons (Fsp3) is 0.240. The minimum absolute atomic E-state index is 0.172. The lowest BCUT2D eigenvalue weighted by Crippen LogP contribution is -2.29. The predicted octanol–water partition coefficient (Wildman–Crippen LogP) is 3.75. The zero-order valence-corrected chi connectivity index (χ0v) is 20.6. The fourth-order valence-corrected chi connectivity index (χ4v) is 4.81. The van der Waals surface area contributed by atoms with Crippen LogP contribution in [-0.2, 0) is 19.1 Å². The number of carbonyl (C=O) groups excluding carboxylic acids is 3. The van der Waals surface area contributed by atoms with E-state index in [9.17, 15) is 14.4 Å². The fourth-order valence-electron chi connectivity index (χ4n) is 4.26. The normalized spacial score (nSPS) is 16.5. The molecular weight excluding hydrogens is 506 g/mol. The first-order chi connectivity index (χ1) is 16.3. The van der Waals surface area contributed by atoms with Crippen molar-refractivity contribution in [3.05, 3.63) is 74.4 Å². The molecule has 34 heavy (non-hydrogen) atoms. The number of fused-ring (bicyclic) bond motifs is 2. The smallest absolute Gasteiger partial charge is 0.343 e. The highest BCUT2D eigenvalue weighted by molar-refractivity contribution is 9.10. The van der Waals surface area contributed by atoms with Gasteiger partial charge in [-0.2, -0.15) is 0 Å². The second kappa shape index (κ2) is 9.34. The summed E-state index contributed by atoms with van der Waals surface area (Å²) in [4.78, 5) is 38.0. The van der Waals surface area contributed by atoms with Crippen molar-refractivity contribution in [2.45, 2.75) is 12.8 Å². The van der Waals surface area contributed by atoms with Crippen LogP contribution in [0.25, 0.3) is 5.70 Å². The van der Waals surface area contributed by atoms with E-state index in [0.29, 0.717) is 49.6 Å². The van der Waals surface area contributed by atoms with Crippen molar-refractivity contribution in [1.82, 2.24) is 5.32 Å². The first-order valence-corrected chi connectivity index (χ1v) is 11.1. The Bertz CT molecular complexity index is 1280. The van der Waals surface area contributed by atoms with Gasteiger partial charge in [0.1, 0.15) is 0 Å². The van der Waals surface area contributed by atoms with E-state index >= 15 is 0 Å². The number of ketones is 1. The third-order valence-corrected chi connectivity index (χ3v) is 6.51. The molecule has 2 aromatic carbocycles. The van der Waals surface area contributed by atoms with Crippen LogP contribution >= 0.6 is 15.9 Å². The van der Waals surface area contributed by atoms with Gasteiger partial charge in [-0.15, -0.1) is 0 Å². The molecule has 0 saturated heterocycles. The number of benzene rings is 2. The van der Waals surface area contributed by atoms with Gasteiger partial charge < -0.3 is 24.3 Å². The van der Waals surface area contributed by atoms with Crippen LogP contribution in [0, 0.1) is 0 Å². The topological polar surface area (TPSA) is 100 Å². The number of esters is 2. The van der Waals surface area contributed by atoms with Gasteiger partial charge in [0.15, 0.2) is 23.9 Å². The summed E-state index contributed by atoms with van der Waals surface area (Å²) in [6, 6.07) is 10.6. The summed E-state index contributed by atoms with van der Waals surface area (Å²) in [5.41, 5.74) is 3.94. The maximum atomic E-state index is 13.5. The van der Waals surface area contributed by atoms with Crippen LogP contribution in [0.5, 0.6) is 11.5 Å². The Hall–Kier alpha value is -3.59. The van der Waals surface area contributed by atoms with E-state index in [1.807, 2.05) is 12.1 Å². The second-order valence-electron chi connectivity index (χ2n) is 7.64. The van der Waals surface area contributed by atoms with Crippen LogP contribution in [0.4, 0.5) is 0 Å². The predicted molar refractivity (Wildman–Crippen MR) is 126 cm³/mol. The summed E-state index contributed by atoms with van der Waals surface area (Å²) in [5, 5.41) is 3.24. The molecule has 0 radical (unpaired) electrons. The molecule has 0 aromatic heterocycles. The van der Waals surface area contributed by atoms with Gasteiger partial charge >= 0.3 is 11.9 Å². The van der Waals surface area contributed by atoms with E-state index in [4.69, 9.17) is 14.2 Å². The Morgan fingerprint density at radius 2 is 1.74 bits per heavy atom. The largest absolute Gasteiger partial charge is 0.493 e. The highest BCUT2D eigenvalue weighted by atomic mass is 79.9. The molecule has 0 amide bonds. The summed E-state index contributed by atoms with van der Waals surface area (Å²) < 4.78 is 21.3. The molecule has 4 rings (SSSR count). The molecule has 1 aliphatic heterocycles. The Balaban J connectivity index is 1.89. The number of methoxy groups -OCH3 is 3. The van der Waals surface area contributed by atoms with Crippen LogP contribution in [0.3, 0.4) is 0 Å². The summed E-state index contributed by atoms with van der Waals surface area (Å²) >= 11 is 3.56. The molecule has 1 heterocycles. The minimum Gasteiger partial charge on any atom is -0.493 e. The van der Waals surface area contributed by atoms with E-state index in [1.54, 1.807) is 31.2 Å². The molecule has 2 aliphatic rings. The van der Waals surface area contributed by atoms with Crippen molar-refractivity contribution in [2.24, 2.45) is 0 Å². The number of nitrogens with one attached hydrogen (secondary N) is 1. The third-order valence-electron chi connectivity index (χ3n) is 5.82. The number of hydrogen-bond donors (Lipinski definition) is 1.